The lowest BCUT2D eigenvalue weighted by atomic mass is 10.2. The first-order chi connectivity index (χ1) is 10.6. The topological polar surface area (TPSA) is 86.5 Å². The van der Waals surface area contributed by atoms with Crippen LogP contribution in [-0.4, -0.2) is 17.7 Å². The van der Waals surface area contributed by atoms with Gasteiger partial charge in [-0.2, -0.15) is 0 Å². The van der Waals surface area contributed by atoms with Crippen LogP contribution < -0.4 is 20.5 Å². The number of thiazole rings is 1. The molecule has 1 aliphatic rings. The van der Waals surface area contributed by atoms with E-state index >= 15 is 0 Å². The van der Waals surface area contributed by atoms with Crippen molar-refractivity contribution in [3.8, 4) is 11.5 Å². The van der Waals surface area contributed by atoms with Gasteiger partial charge in [0.05, 0.1) is 22.1 Å². The number of fused-ring (bicyclic) bond motifs is 1. The number of hydrogen-bond acceptors (Lipinski definition) is 6. The second-order valence-corrected chi connectivity index (χ2v) is 6.10. The first-order valence-electron chi connectivity index (χ1n) is 7.05. The lowest BCUT2D eigenvalue weighted by molar-refractivity contribution is 0.103. The number of nitrogen functional groups attached to an aromatic ring is 1. The maximum absolute atomic E-state index is 12.4. The lowest BCUT2D eigenvalue weighted by Gasteiger charge is -2.08. The largest absolute Gasteiger partial charge is 0.454 e. The summed E-state index contributed by atoms with van der Waals surface area (Å²) >= 11 is 1.42. The molecule has 1 aromatic carbocycles. The van der Waals surface area contributed by atoms with E-state index in [0.29, 0.717) is 27.8 Å². The Morgan fingerprint density at radius 2 is 2.00 bits per heavy atom. The Morgan fingerprint density at radius 1 is 1.33 bits per heavy atom. The number of carbonyl (C=O) groups is 1. The monoisotopic (exact) mass is 391 g/mol. The van der Waals surface area contributed by atoms with Gasteiger partial charge in [-0.25, -0.2) is 4.98 Å². The third-order valence-electron chi connectivity index (χ3n) is 3.30. The van der Waals surface area contributed by atoms with Gasteiger partial charge in [0.15, 0.2) is 11.5 Å². The van der Waals surface area contributed by atoms with Gasteiger partial charge < -0.3 is 20.5 Å². The molecule has 0 fully saturated rings. The van der Waals surface area contributed by atoms with E-state index in [2.05, 4.69) is 17.2 Å². The summed E-state index contributed by atoms with van der Waals surface area (Å²) in [6.45, 7) is 4.10. The van der Waals surface area contributed by atoms with Gasteiger partial charge in [0.2, 0.25) is 6.79 Å². The summed E-state index contributed by atoms with van der Waals surface area (Å²) in [5, 5.41) is 3.80. The summed E-state index contributed by atoms with van der Waals surface area (Å²) in [6, 6.07) is 3.33. The minimum atomic E-state index is -0.206. The third kappa shape index (κ3) is 4.03. The number of halogens is 2. The van der Waals surface area contributed by atoms with Crippen molar-refractivity contribution in [2.45, 2.75) is 26.7 Å². The number of ether oxygens (including phenoxy) is 2. The van der Waals surface area contributed by atoms with Gasteiger partial charge in [-0.1, -0.05) is 6.92 Å². The predicted molar refractivity (Wildman–Crippen MR) is 100 cm³/mol. The van der Waals surface area contributed by atoms with Gasteiger partial charge in [-0.05, 0) is 19.8 Å². The third-order valence-corrected chi connectivity index (χ3v) is 4.52. The van der Waals surface area contributed by atoms with Gasteiger partial charge in [0.25, 0.3) is 5.91 Å². The van der Waals surface area contributed by atoms with Crippen molar-refractivity contribution in [2.24, 2.45) is 0 Å². The highest BCUT2D eigenvalue weighted by atomic mass is 35.5. The van der Waals surface area contributed by atoms with Crippen molar-refractivity contribution in [1.29, 1.82) is 0 Å². The molecule has 9 heteroatoms. The quantitative estimate of drug-likeness (QED) is 0.773. The Balaban J connectivity index is 0.00000144. The van der Waals surface area contributed by atoms with E-state index in [1.54, 1.807) is 12.1 Å². The molecule has 2 heterocycles. The lowest BCUT2D eigenvalue weighted by Crippen LogP contribution is -2.13. The van der Waals surface area contributed by atoms with Crippen molar-refractivity contribution in [1.82, 2.24) is 4.98 Å². The number of hydrogen-bond donors (Lipinski definition) is 2. The van der Waals surface area contributed by atoms with Crippen molar-refractivity contribution < 1.29 is 14.3 Å². The highest BCUT2D eigenvalue weighted by Gasteiger charge is 2.20. The van der Waals surface area contributed by atoms with Gasteiger partial charge in [-0.3, -0.25) is 4.79 Å². The zero-order valence-corrected chi connectivity index (χ0v) is 15.7. The van der Waals surface area contributed by atoms with E-state index in [0.717, 1.165) is 23.5 Å². The number of aromatic nitrogens is 1. The summed E-state index contributed by atoms with van der Waals surface area (Å²) < 4.78 is 10.6. The Morgan fingerprint density at radius 3 is 2.67 bits per heavy atom. The van der Waals surface area contributed by atoms with Crippen LogP contribution in [0.3, 0.4) is 0 Å². The number of rotatable bonds is 4. The van der Waals surface area contributed by atoms with Gasteiger partial charge in [0, 0.05) is 12.1 Å². The normalized spacial score (nSPS) is 11.4. The van der Waals surface area contributed by atoms with Crippen molar-refractivity contribution in [3.05, 3.63) is 27.7 Å². The average molecular weight is 392 g/mol. The van der Waals surface area contributed by atoms with Crippen LogP contribution in [-0.2, 0) is 6.42 Å². The molecule has 0 bridgehead atoms. The van der Waals surface area contributed by atoms with Crippen LogP contribution in [0.2, 0.25) is 0 Å². The molecule has 0 spiro atoms. The molecule has 0 saturated carbocycles. The standard InChI is InChI=1S/C15H17N3O3S.2ClH/c1-3-4-13-17-8(2)14(22-13)15(19)18-10-6-12-11(5-9(10)16)20-7-21-12;;/h5-6H,3-4,7,16H2,1-2H3,(H,18,19);2*1H. The summed E-state index contributed by atoms with van der Waals surface area (Å²) in [7, 11) is 0. The number of nitrogens with two attached hydrogens (primary N) is 1. The Kier molecular flexibility index (Phi) is 7.13. The molecule has 0 unspecified atom stereocenters. The van der Waals surface area contributed by atoms with Gasteiger partial charge in [0.1, 0.15) is 4.88 Å². The molecule has 1 aliphatic heterocycles. The van der Waals surface area contributed by atoms with Crippen molar-refractivity contribution in [2.75, 3.05) is 17.8 Å². The second-order valence-electron chi connectivity index (χ2n) is 5.02. The van der Waals surface area contributed by atoms with Crippen LogP contribution in [0.25, 0.3) is 0 Å². The van der Waals surface area contributed by atoms with Crippen molar-refractivity contribution in [3.63, 3.8) is 0 Å². The maximum Gasteiger partial charge on any atom is 0.267 e. The van der Waals surface area contributed by atoms with E-state index in [1.165, 1.54) is 11.3 Å². The first kappa shape index (κ1) is 20.3. The highest BCUT2D eigenvalue weighted by molar-refractivity contribution is 7.13. The number of carbonyl (C=O) groups excluding carboxylic acids is 1. The highest BCUT2D eigenvalue weighted by Crippen LogP contribution is 2.38. The van der Waals surface area contributed by atoms with Crippen LogP contribution in [0.1, 0.15) is 33.7 Å². The zero-order chi connectivity index (χ0) is 15.7. The fraction of sp³-hybridized carbons (Fsp3) is 0.333. The van der Waals surface area contributed by atoms with E-state index in [9.17, 15) is 4.79 Å². The van der Waals surface area contributed by atoms with Crippen LogP contribution in [0, 0.1) is 6.92 Å². The number of anilines is 2. The fourth-order valence-electron chi connectivity index (χ4n) is 2.23. The molecule has 132 valence electrons. The molecular weight excluding hydrogens is 373 g/mol. The maximum atomic E-state index is 12.4. The summed E-state index contributed by atoms with van der Waals surface area (Å²) in [5.41, 5.74) is 7.64. The van der Waals surface area contributed by atoms with Gasteiger partial charge in [-0.15, -0.1) is 36.2 Å². The van der Waals surface area contributed by atoms with E-state index < -0.39 is 0 Å². The minimum Gasteiger partial charge on any atom is -0.454 e. The Labute approximate surface area is 156 Å². The first-order valence-corrected chi connectivity index (χ1v) is 7.87. The van der Waals surface area contributed by atoms with Crippen LogP contribution in [0.15, 0.2) is 12.1 Å². The second kappa shape index (κ2) is 8.41. The average Bonchev–Trinajstić information content (AvgIpc) is 3.06. The molecule has 0 atom stereocenters. The minimum absolute atomic E-state index is 0. The Hall–Kier alpha value is -1.70. The van der Waals surface area contributed by atoms with Crippen LogP contribution >= 0.6 is 36.2 Å². The predicted octanol–water partition coefficient (Wildman–Crippen LogP) is 3.81. The molecule has 0 saturated heterocycles. The number of benzene rings is 1. The van der Waals surface area contributed by atoms with Crippen molar-refractivity contribution >= 4 is 53.4 Å². The molecule has 0 radical (unpaired) electrons. The Bertz CT molecular complexity index is 737. The summed E-state index contributed by atoms with van der Waals surface area (Å²) in [5.74, 6) is 0.967. The van der Waals surface area contributed by atoms with Gasteiger partial charge >= 0.3 is 0 Å². The summed E-state index contributed by atoms with van der Waals surface area (Å²) in [4.78, 5) is 17.5. The number of aryl methyl sites for hydroxylation is 2. The number of amides is 1. The molecule has 6 nitrogen and oxygen atoms in total. The number of nitrogens with one attached hydrogen (secondary N) is 1. The number of nitrogens with zero attached hydrogens (tertiary/aromatic N) is 1. The molecular formula is C15H19Cl2N3O3S. The molecule has 0 aliphatic carbocycles. The zero-order valence-electron chi connectivity index (χ0n) is 13.3. The van der Waals surface area contributed by atoms with E-state index in [4.69, 9.17) is 15.2 Å². The van der Waals surface area contributed by atoms with Crippen LogP contribution in [0.5, 0.6) is 11.5 Å². The molecule has 2 aromatic rings. The van der Waals surface area contributed by atoms with E-state index in [-0.39, 0.29) is 37.5 Å². The molecule has 3 rings (SSSR count). The summed E-state index contributed by atoms with van der Waals surface area (Å²) in [6.07, 6.45) is 1.88. The molecule has 3 N–H and O–H groups in total. The SMILES string of the molecule is CCCc1nc(C)c(C(=O)Nc2cc3c(cc2N)OCO3)s1.Cl.Cl. The molecule has 1 aromatic heterocycles. The smallest absolute Gasteiger partial charge is 0.267 e. The fourth-order valence-corrected chi connectivity index (χ4v) is 3.29. The van der Waals surface area contributed by atoms with E-state index in [1.807, 2.05) is 6.92 Å². The van der Waals surface area contributed by atoms with Crippen LogP contribution in [0.4, 0.5) is 11.4 Å². The molecule has 24 heavy (non-hydrogen) atoms. The molecule has 1 amide bonds.